The fourth-order valence-corrected chi connectivity index (χ4v) is 2.91. The number of nitrogens with zero attached hydrogens (tertiary/aromatic N) is 3. The number of amides is 1. The molecule has 0 fully saturated rings. The number of fused-ring (bicyclic) bond motifs is 1. The Hall–Kier alpha value is -2.64. The number of anilines is 2. The molecule has 0 radical (unpaired) electrons. The van der Waals surface area contributed by atoms with E-state index >= 15 is 0 Å². The van der Waals surface area contributed by atoms with Crippen LogP contribution < -0.4 is 10.2 Å². The molecule has 1 amide bonds. The fourth-order valence-electron chi connectivity index (χ4n) is 2.91. The Morgan fingerprint density at radius 1 is 1.24 bits per heavy atom. The Kier molecular flexibility index (Phi) is 4.36. The van der Waals surface area contributed by atoms with Crippen molar-refractivity contribution in [2.45, 2.75) is 25.9 Å². The number of nitrogens with one attached hydrogen (secondary N) is 1. The van der Waals surface area contributed by atoms with Crippen molar-refractivity contribution in [1.82, 2.24) is 9.97 Å². The largest absolute Gasteiger partial charge is 0.416 e. The van der Waals surface area contributed by atoms with Crippen LogP contribution in [0.1, 0.15) is 33.7 Å². The van der Waals surface area contributed by atoms with E-state index in [1.54, 1.807) is 20.0 Å². The second kappa shape index (κ2) is 6.34. The lowest BCUT2D eigenvalue weighted by Gasteiger charge is -2.30. The number of aryl methyl sites for hydroxylation is 2. The predicted octanol–water partition coefficient (Wildman–Crippen LogP) is 3.44. The minimum absolute atomic E-state index is 0.213. The Morgan fingerprint density at radius 3 is 2.68 bits per heavy atom. The lowest BCUT2D eigenvalue weighted by atomic mass is 9.98. The molecular formula is C17H17F3N4O. The highest BCUT2D eigenvalue weighted by Crippen LogP contribution is 2.35. The van der Waals surface area contributed by atoms with Gasteiger partial charge in [-0.15, -0.1) is 0 Å². The molecule has 1 aliphatic rings. The van der Waals surface area contributed by atoms with Gasteiger partial charge in [0.05, 0.1) is 5.56 Å². The number of hydrogen-bond acceptors (Lipinski definition) is 4. The molecule has 1 N–H and O–H groups in total. The topological polar surface area (TPSA) is 58.1 Å². The number of hydrogen-bond donors (Lipinski definition) is 1. The molecule has 0 atom stereocenters. The van der Waals surface area contributed by atoms with Crippen LogP contribution in [-0.4, -0.2) is 29.5 Å². The van der Waals surface area contributed by atoms with Crippen molar-refractivity contribution in [3.05, 3.63) is 46.8 Å². The lowest BCUT2D eigenvalue weighted by molar-refractivity contribution is -0.137. The number of alkyl halides is 3. The van der Waals surface area contributed by atoms with Crippen molar-refractivity contribution in [3.63, 3.8) is 0 Å². The van der Waals surface area contributed by atoms with Crippen LogP contribution in [0, 0.1) is 6.92 Å². The molecular weight excluding hydrogens is 333 g/mol. The second-order valence-corrected chi connectivity index (χ2v) is 5.87. The third-order valence-electron chi connectivity index (χ3n) is 4.07. The van der Waals surface area contributed by atoms with Gasteiger partial charge in [-0.05, 0) is 49.6 Å². The van der Waals surface area contributed by atoms with E-state index in [0.717, 1.165) is 12.1 Å². The minimum Gasteiger partial charge on any atom is -0.357 e. The van der Waals surface area contributed by atoms with Gasteiger partial charge in [0.2, 0.25) is 5.95 Å². The standard InChI is InChI=1S/C17H17F3N4O/c1-10-8-13(23-16(21-2)22-10)15(25)24-7-3-4-11-9-12(17(18,19)20)5-6-14(11)24/h5-6,8-9H,3-4,7H2,1-2H3,(H,21,22,23). The van der Waals surface area contributed by atoms with Crippen LogP contribution in [0.3, 0.4) is 0 Å². The van der Waals surface area contributed by atoms with Crippen molar-refractivity contribution in [2.24, 2.45) is 0 Å². The number of benzene rings is 1. The van der Waals surface area contributed by atoms with Gasteiger partial charge in [0.25, 0.3) is 5.91 Å². The molecule has 0 bridgehead atoms. The van der Waals surface area contributed by atoms with E-state index in [-0.39, 0.29) is 11.6 Å². The lowest BCUT2D eigenvalue weighted by Crippen LogP contribution is -2.36. The maximum Gasteiger partial charge on any atom is 0.416 e. The van der Waals surface area contributed by atoms with Gasteiger partial charge in [-0.3, -0.25) is 4.79 Å². The Bertz CT molecular complexity index is 820. The van der Waals surface area contributed by atoms with Gasteiger partial charge < -0.3 is 10.2 Å². The molecule has 2 heterocycles. The molecule has 0 saturated heterocycles. The summed E-state index contributed by atoms with van der Waals surface area (Å²) in [5.41, 5.74) is 1.17. The maximum absolute atomic E-state index is 12.9. The zero-order chi connectivity index (χ0) is 18.2. The highest BCUT2D eigenvalue weighted by atomic mass is 19.4. The summed E-state index contributed by atoms with van der Waals surface area (Å²) in [6, 6.07) is 5.07. The molecule has 1 aromatic heterocycles. The van der Waals surface area contributed by atoms with Crippen molar-refractivity contribution in [2.75, 3.05) is 23.8 Å². The fraction of sp³-hybridized carbons (Fsp3) is 0.353. The quantitative estimate of drug-likeness (QED) is 0.901. The summed E-state index contributed by atoms with van der Waals surface area (Å²) in [4.78, 5) is 22.6. The van der Waals surface area contributed by atoms with Crippen molar-refractivity contribution >= 4 is 17.5 Å². The van der Waals surface area contributed by atoms with Gasteiger partial charge in [-0.1, -0.05) is 0 Å². The molecule has 1 aliphatic heterocycles. The summed E-state index contributed by atoms with van der Waals surface area (Å²) < 4.78 is 38.7. The van der Waals surface area contributed by atoms with Crippen LogP contribution in [0.2, 0.25) is 0 Å². The molecule has 0 unspecified atom stereocenters. The number of rotatable bonds is 2. The van der Waals surface area contributed by atoms with Gasteiger partial charge in [0, 0.05) is 25.0 Å². The first-order chi connectivity index (χ1) is 11.8. The molecule has 2 aromatic rings. The second-order valence-electron chi connectivity index (χ2n) is 5.87. The highest BCUT2D eigenvalue weighted by Gasteiger charge is 2.33. The van der Waals surface area contributed by atoms with Crippen LogP contribution in [0.25, 0.3) is 0 Å². The third-order valence-corrected chi connectivity index (χ3v) is 4.07. The maximum atomic E-state index is 12.9. The van der Waals surface area contributed by atoms with E-state index in [1.165, 1.54) is 11.0 Å². The Morgan fingerprint density at radius 2 is 2.00 bits per heavy atom. The van der Waals surface area contributed by atoms with Crippen molar-refractivity contribution in [1.29, 1.82) is 0 Å². The first kappa shape index (κ1) is 17.2. The van der Waals surface area contributed by atoms with E-state index in [0.29, 0.717) is 42.3 Å². The smallest absolute Gasteiger partial charge is 0.357 e. The normalized spacial score (nSPS) is 14.2. The van der Waals surface area contributed by atoms with Gasteiger partial charge in [-0.2, -0.15) is 13.2 Å². The highest BCUT2D eigenvalue weighted by molar-refractivity contribution is 6.05. The summed E-state index contributed by atoms with van der Waals surface area (Å²) in [5, 5.41) is 2.79. The molecule has 0 aliphatic carbocycles. The zero-order valence-corrected chi connectivity index (χ0v) is 13.8. The molecule has 0 spiro atoms. The monoisotopic (exact) mass is 350 g/mol. The van der Waals surface area contributed by atoms with Crippen LogP contribution in [-0.2, 0) is 12.6 Å². The predicted molar refractivity (Wildman–Crippen MR) is 87.8 cm³/mol. The molecule has 0 saturated carbocycles. The molecule has 3 rings (SSSR count). The van der Waals surface area contributed by atoms with E-state index in [4.69, 9.17) is 0 Å². The number of carbonyl (C=O) groups excluding carboxylic acids is 1. The van der Waals surface area contributed by atoms with E-state index < -0.39 is 11.7 Å². The summed E-state index contributed by atoms with van der Waals surface area (Å²) in [5.74, 6) is -0.0179. The van der Waals surface area contributed by atoms with E-state index in [9.17, 15) is 18.0 Å². The van der Waals surface area contributed by atoms with Crippen LogP contribution in [0.4, 0.5) is 24.8 Å². The zero-order valence-electron chi connectivity index (χ0n) is 13.8. The van der Waals surface area contributed by atoms with Crippen LogP contribution in [0.15, 0.2) is 24.3 Å². The minimum atomic E-state index is -4.40. The molecule has 132 valence electrons. The average molecular weight is 350 g/mol. The first-order valence-electron chi connectivity index (χ1n) is 7.85. The van der Waals surface area contributed by atoms with Gasteiger partial charge in [0.15, 0.2) is 0 Å². The van der Waals surface area contributed by atoms with Gasteiger partial charge >= 0.3 is 6.18 Å². The molecule has 5 nitrogen and oxygen atoms in total. The van der Waals surface area contributed by atoms with Crippen LogP contribution >= 0.6 is 0 Å². The molecule has 8 heteroatoms. The summed E-state index contributed by atoms with van der Waals surface area (Å²) in [6.07, 6.45) is -3.29. The van der Waals surface area contributed by atoms with E-state index in [2.05, 4.69) is 15.3 Å². The number of carbonyl (C=O) groups is 1. The first-order valence-corrected chi connectivity index (χ1v) is 7.85. The van der Waals surface area contributed by atoms with Crippen LogP contribution in [0.5, 0.6) is 0 Å². The number of aromatic nitrogens is 2. The SMILES string of the molecule is CNc1nc(C)cc(C(=O)N2CCCc3cc(C(F)(F)F)ccc32)n1. The number of halogens is 3. The third kappa shape index (κ3) is 3.42. The summed E-state index contributed by atoms with van der Waals surface area (Å²) in [6.45, 7) is 2.19. The molecule has 25 heavy (non-hydrogen) atoms. The Labute approximate surface area is 142 Å². The summed E-state index contributed by atoms with van der Waals surface area (Å²) >= 11 is 0. The van der Waals surface area contributed by atoms with Gasteiger partial charge in [0.1, 0.15) is 5.69 Å². The Balaban J connectivity index is 1.98. The van der Waals surface area contributed by atoms with E-state index in [1.807, 2.05) is 0 Å². The van der Waals surface area contributed by atoms with Gasteiger partial charge in [-0.25, -0.2) is 9.97 Å². The molecule has 1 aromatic carbocycles. The average Bonchev–Trinajstić information content (AvgIpc) is 2.58. The van der Waals surface area contributed by atoms with Crippen molar-refractivity contribution < 1.29 is 18.0 Å². The summed E-state index contributed by atoms with van der Waals surface area (Å²) in [7, 11) is 1.65. The van der Waals surface area contributed by atoms with Crippen molar-refractivity contribution in [3.8, 4) is 0 Å².